The molecule has 1 heterocycles. The molecule has 3 nitrogen and oxygen atoms in total. The largest absolute Gasteiger partial charge is 0.380 e. The molecule has 17 heavy (non-hydrogen) atoms. The van der Waals surface area contributed by atoms with Gasteiger partial charge in [0.15, 0.2) is 0 Å². The zero-order valence-corrected chi connectivity index (χ0v) is 12.2. The lowest BCUT2D eigenvalue weighted by atomic mass is 10.0. The Morgan fingerprint density at radius 3 is 2.94 bits per heavy atom. The number of ether oxygens (including phenoxy) is 1. The van der Waals surface area contributed by atoms with E-state index in [0.717, 1.165) is 12.1 Å². The van der Waals surface area contributed by atoms with Gasteiger partial charge in [-0.25, -0.2) is 0 Å². The number of hydrogen-bond acceptors (Lipinski definition) is 2. The molecule has 0 spiro atoms. The third-order valence-electron chi connectivity index (χ3n) is 3.08. The minimum absolute atomic E-state index is 0.0594. The minimum Gasteiger partial charge on any atom is -0.380 e. The molecular formula is C13H16INO2. The molecule has 2 rings (SSSR count). The zero-order valence-electron chi connectivity index (χ0n) is 10.1. The molecule has 0 fully saturated rings. The molecule has 1 aromatic rings. The van der Waals surface area contributed by atoms with Gasteiger partial charge in [-0.3, -0.25) is 4.79 Å². The third kappa shape index (κ3) is 2.80. The van der Waals surface area contributed by atoms with Crippen LogP contribution in [0.5, 0.6) is 0 Å². The molecule has 1 unspecified atom stereocenters. The minimum atomic E-state index is 0.0594. The van der Waals surface area contributed by atoms with Gasteiger partial charge in [0.25, 0.3) is 0 Å². The van der Waals surface area contributed by atoms with E-state index in [1.54, 1.807) is 7.11 Å². The van der Waals surface area contributed by atoms with Crippen molar-refractivity contribution >= 4 is 34.2 Å². The Labute approximate surface area is 115 Å². The zero-order chi connectivity index (χ0) is 12.4. The van der Waals surface area contributed by atoms with Crippen molar-refractivity contribution in [3.05, 3.63) is 27.3 Å². The maximum atomic E-state index is 12.0. The summed E-state index contributed by atoms with van der Waals surface area (Å²) >= 11 is 2.30. The quantitative estimate of drug-likeness (QED) is 0.789. The molecule has 0 saturated heterocycles. The first kappa shape index (κ1) is 12.8. The van der Waals surface area contributed by atoms with Gasteiger partial charge in [0.2, 0.25) is 5.91 Å². The summed E-state index contributed by atoms with van der Waals surface area (Å²) in [4.78, 5) is 13.8. The molecule has 1 amide bonds. The van der Waals surface area contributed by atoms with E-state index >= 15 is 0 Å². The molecule has 0 N–H and O–H groups in total. The van der Waals surface area contributed by atoms with Crippen molar-refractivity contribution in [2.24, 2.45) is 0 Å². The highest BCUT2D eigenvalue weighted by atomic mass is 127. The van der Waals surface area contributed by atoms with Crippen LogP contribution < -0.4 is 4.90 Å². The van der Waals surface area contributed by atoms with Gasteiger partial charge in [0.1, 0.15) is 0 Å². The van der Waals surface area contributed by atoms with Crippen LogP contribution in [0, 0.1) is 3.57 Å². The summed E-state index contributed by atoms with van der Waals surface area (Å²) in [5.74, 6) is 0.197. The number of amides is 1. The fourth-order valence-electron chi connectivity index (χ4n) is 2.06. The molecule has 1 aliphatic rings. The predicted molar refractivity (Wildman–Crippen MR) is 76.3 cm³/mol. The van der Waals surface area contributed by atoms with Crippen LogP contribution in [-0.4, -0.2) is 25.7 Å². The van der Waals surface area contributed by atoms with Crippen molar-refractivity contribution in [1.29, 1.82) is 0 Å². The first-order valence-electron chi connectivity index (χ1n) is 5.73. The van der Waals surface area contributed by atoms with E-state index in [0.29, 0.717) is 13.0 Å². The van der Waals surface area contributed by atoms with Gasteiger partial charge in [0, 0.05) is 22.8 Å². The summed E-state index contributed by atoms with van der Waals surface area (Å²) in [6, 6.07) is 6.24. The fourth-order valence-corrected chi connectivity index (χ4v) is 2.62. The van der Waals surface area contributed by atoms with E-state index in [-0.39, 0.29) is 12.0 Å². The molecule has 0 bridgehead atoms. The lowest BCUT2D eigenvalue weighted by molar-refractivity contribution is -0.119. The predicted octanol–water partition coefficient (Wildman–Crippen LogP) is 2.61. The molecule has 0 saturated carbocycles. The molecule has 0 radical (unpaired) electrons. The van der Waals surface area contributed by atoms with Gasteiger partial charge >= 0.3 is 0 Å². The molecule has 92 valence electrons. The number of hydrogen-bond donors (Lipinski definition) is 0. The van der Waals surface area contributed by atoms with Crippen molar-refractivity contribution in [3.8, 4) is 0 Å². The van der Waals surface area contributed by atoms with Crippen LogP contribution in [-0.2, 0) is 16.0 Å². The normalized spacial score (nSPS) is 16.9. The lowest BCUT2D eigenvalue weighted by Gasteiger charge is -2.31. The van der Waals surface area contributed by atoms with E-state index in [2.05, 4.69) is 28.7 Å². The van der Waals surface area contributed by atoms with Crippen molar-refractivity contribution in [1.82, 2.24) is 0 Å². The Morgan fingerprint density at radius 2 is 2.24 bits per heavy atom. The summed E-state index contributed by atoms with van der Waals surface area (Å²) in [7, 11) is 1.67. The third-order valence-corrected chi connectivity index (χ3v) is 3.75. The molecule has 1 aromatic carbocycles. The van der Waals surface area contributed by atoms with Crippen LogP contribution >= 0.6 is 22.6 Å². The Morgan fingerprint density at radius 1 is 1.47 bits per heavy atom. The smallest absolute Gasteiger partial charge is 0.227 e. The second kappa shape index (κ2) is 5.35. The van der Waals surface area contributed by atoms with E-state index in [1.807, 2.05) is 24.0 Å². The van der Waals surface area contributed by atoms with E-state index in [4.69, 9.17) is 4.74 Å². The van der Waals surface area contributed by atoms with Gasteiger partial charge in [-0.2, -0.15) is 0 Å². The molecular weight excluding hydrogens is 329 g/mol. The summed E-state index contributed by atoms with van der Waals surface area (Å²) in [5.41, 5.74) is 2.31. The fraction of sp³-hybridized carbons (Fsp3) is 0.462. The number of halogens is 1. The first-order valence-corrected chi connectivity index (χ1v) is 6.81. The Balaban J connectivity index is 2.30. The van der Waals surface area contributed by atoms with Crippen LogP contribution in [0.1, 0.15) is 18.9 Å². The molecule has 0 aromatic heterocycles. The SMILES string of the molecule is COC(C)CN1C(=O)CCc2cc(I)ccc21. The summed E-state index contributed by atoms with van der Waals surface area (Å²) in [5, 5.41) is 0. The monoisotopic (exact) mass is 345 g/mol. The maximum Gasteiger partial charge on any atom is 0.227 e. The Kier molecular flexibility index (Phi) is 4.04. The number of fused-ring (bicyclic) bond motifs is 1. The van der Waals surface area contributed by atoms with Crippen LogP contribution in [0.4, 0.5) is 5.69 Å². The van der Waals surface area contributed by atoms with Gasteiger partial charge < -0.3 is 9.64 Å². The maximum absolute atomic E-state index is 12.0. The van der Waals surface area contributed by atoms with Crippen molar-refractivity contribution in [2.75, 3.05) is 18.6 Å². The van der Waals surface area contributed by atoms with Gasteiger partial charge in [0.05, 0.1) is 12.6 Å². The number of carbonyl (C=O) groups excluding carboxylic acids is 1. The highest BCUT2D eigenvalue weighted by molar-refractivity contribution is 14.1. The van der Waals surface area contributed by atoms with Crippen LogP contribution in [0.3, 0.4) is 0 Å². The number of rotatable bonds is 3. The molecule has 1 atom stereocenters. The topological polar surface area (TPSA) is 29.5 Å². The Hall–Kier alpha value is -0.620. The van der Waals surface area contributed by atoms with Gasteiger partial charge in [-0.1, -0.05) is 0 Å². The van der Waals surface area contributed by atoms with Crippen molar-refractivity contribution in [2.45, 2.75) is 25.9 Å². The average molecular weight is 345 g/mol. The summed E-state index contributed by atoms with van der Waals surface area (Å²) in [6.45, 7) is 2.61. The number of anilines is 1. The van der Waals surface area contributed by atoms with E-state index in [9.17, 15) is 4.79 Å². The second-order valence-corrected chi connectivity index (χ2v) is 5.57. The number of benzene rings is 1. The van der Waals surface area contributed by atoms with Gasteiger partial charge in [-0.15, -0.1) is 0 Å². The van der Waals surface area contributed by atoms with Crippen molar-refractivity contribution < 1.29 is 9.53 Å². The highest BCUT2D eigenvalue weighted by Crippen LogP contribution is 2.29. The first-order chi connectivity index (χ1) is 8.11. The highest BCUT2D eigenvalue weighted by Gasteiger charge is 2.25. The molecule has 1 aliphatic heterocycles. The number of methoxy groups -OCH3 is 1. The number of nitrogens with zero attached hydrogens (tertiary/aromatic N) is 1. The van der Waals surface area contributed by atoms with Crippen molar-refractivity contribution in [3.63, 3.8) is 0 Å². The van der Waals surface area contributed by atoms with Crippen LogP contribution in [0.2, 0.25) is 0 Å². The summed E-state index contributed by atoms with van der Waals surface area (Å²) in [6.07, 6.45) is 1.51. The van der Waals surface area contributed by atoms with Crippen LogP contribution in [0.25, 0.3) is 0 Å². The summed E-state index contributed by atoms with van der Waals surface area (Å²) < 4.78 is 6.46. The number of carbonyl (C=O) groups is 1. The van der Waals surface area contributed by atoms with E-state index < -0.39 is 0 Å². The molecule has 4 heteroatoms. The van der Waals surface area contributed by atoms with E-state index in [1.165, 1.54) is 9.13 Å². The Bertz CT molecular complexity index is 433. The van der Waals surface area contributed by atoms with Crippen LogP contribution in [0.15, 0.2) is 18.2 Å². The molecule has 0 aliphatic carbocycles. The second-order valence-electron chi connectivity index (χ2n) is 4.32. The number of aryl methyl sites for hydroxylation is 1. The lowest BCUT2D eigenvalue weighted by Crippen LogP contribution is -2.40. The van der Waals surface area contributed by atoms with Gasteiger partial charge in [-0.05, 0) is 59.7 Å². The standard InChI is InChI=1S/C13H16INO2/c1-9(17-2)8-15-12-5-4-11(14)7-10(12)3-6-13(15)16/h4-5,7,9H,3,6,8H2,1-2H3. The average Bonchev–Trinajstić information content (AvgIpc) is 2.32.